The maximum absolute atomic E-state index is 2.42. The van der Waals surface area contributed by atoms with Crippen LogP contribution in [0.4, 0.5) is 0 Å². The number of rotatable bonds is 0. The Kier molecular flexibility index (Phi) is 2.76. The quantitative estimate of drug-likeness (QED) is 0.483. The molecule has 2 aliphatic rings. The molecule has 2 aliphatic carbocycles. The molecule has 3 atom stereocenters. The first-order valence-electron chi connectivity index (χ1n) is 4.86. The van der Waals surface area contributed by atoms with Crippen molar-refractivity contribution in [3.63, 3.8) is 0 Å². The van der Waals surface area contributed by atoms with E-state index in [9.17, 15) is 0 Å². The molecule has 2 rings (SSSR count). The van der Waals surface area contributed by atoms with Crippen LogP contribution in [-0.2, 0) is 0 Å². The second-order valence-electron chi connectivity index (χ2n) is 3.65. The molecule has 60 valence electrons. The average molecular weight is 140 g/mol. The van der Waals surface area contributed by atoms with Crippen LogP contribution in [0.2, 0.25) is 0 Å². The summed E-state index contributed by atoms with van der Waals surface area (Å²) in [7, 11) is 0. The summed E-state index contributed by atoms with van der Waals surface area (Å²) in [5.41, 5.74) is 0. The lowest BCUT2D eigenvalue weighted by Crippen LogP contribution is -2.04. The summed E-state index contributed by atoms with van der Waals surface area (Å²) in [6.07, 6.45) is 6.21. The molecule has 0 radical (unpaired) electrons. The maximum atomic E-state index is 2.42. The minimum absolute atomic E-state index is 1.08. The lowest BCUT2D eigenvalue weighted by Gasteiger charge is -2.15. The van der Waals surface area contributed by atoms with Crippen molar-refractivity contribution in [2.45, 2.75) is 46.5 Å². The third-order valence-corrected chi connectivity index (χ3v) is 3.09. The van der Waals surface area contributed by atoms with Gasteiger partial charge in [-0.2, -0.15) is 0 Å². The zero-order valence-corrected chi connectivity index (χ0v) is 7.56. The van der Waals surface area contributed by atoms with Gasteiger partial charge in [-0.25, -0.2) is 0 Å². The van der Waals surface area contributed by atoms with Crippen LogP contribution in [-0.4, -0.2) is 0 Å². The van der Waals surface area contributed by atoms with Crippen molar-refractivity contribution in [1.29, 1.82) is 0 Å². The Morgan fingerprint density at radius 1 is 1.00 bits per heavy atom. The molecule has 0 aromatic carbocycles. The number of hydrogen-bond acceptors (Lipinski definition) is 0. The van der Waals surface area contributed by atoms with Crippen molar-refractivity contribution < 1.29 is 0 Å². The first kappa shape index (κ1) is 8.10. The monoisotopic (exact) mass is 140 g/mol. The zero-order chi connectivity index (χ0) is 7.56. The zero-order valence-electron chi connectivity index (χ0n) is 7.56. The molecule has 2 bridgehead atoms. The van der Waals surface area contributed by atoms with Gasteiger partial charge in [-0.05, 0) is 37.0 Å². The molecule has 0 aromatic rings. The normalized spacial score (nSPS) is 42.9. The smallest absolute Gasteiger partial charge is 0.0386 e. The maximum Gasteiger partial charge on any atom is -0.0386 e. The molecular weight excluding hydrogens is 120 g/mol. The second kappa shape index (κ2) is 3.41. The van der Waals surface area contributed by atoms with E-state index in [-0.39, 0.29) is 0 Å². The van der Waals surface area contributed by atoms with Crippen molar-refractivity contribution in [3.8, 4) is 0 Å². The molecule has 0 N–H and O–H groups in total. The third-order valence-electron chi connectivity index (χ3n) is 3.09. The summed E-state index contributed by atoms with van der Waals surface area (Å²) in [4.78, 5) is 0. The lowest BCUT2D eigenvalue weighted by molar-refractivity contribution is 0.360. The predicted octanol–water partition coefficient (Wildman–Crippen LogP) is 3.47. The van der Waals surface area contributed by atoms with Gasteiger partial charge in [0, 0.05) is 0 Å². The van der Waals surface area contributed by atoms with E-state index in [2.05, 4.69) is 6.92 Å². The van der Waals surface area contributed by atoms with E-state index in [1.54, 1.807) is 25.7 Å². The molecule has 2 fully saturated rings. The van der Waals surface area contributed by atoms with Crippen LogP contribution in [0.15, 0.2) is 0 Å². The van der Waals surface area contributed by atoms with E-state index in [0.717, 1.165) is 17.8 Å². The molecule has 0 heteroatoms. The van der Waals surface area contributed by atoms with Crippen LogP contribution in [0, 0.1) is 17.8 Å². The molecule has 0 saturated heterocycles. The van der Waals surface area contributed by atoms with Gasteiger partial charge in [0.05, 0.1) is 0 Å². The average Bonchev–Trinajstić information content (AvgIpc) is 2.52. The Morgan fingerprint density at radius 2 is 1.70 bits per heavy atom. The molecule has 10 heavy (non-hydrogen) atoms. The van der Waals surface area contributed by atoms with Gasteiger partial charge >= 0.3 is 0 Å². The molecular formula is C10H20. The molecule has 0 amide bonds. The van der Waals surface area contributed by atoms with Crippen molar-refractivity contribution >= 4 is 0 Å². The van der Waals surface area contributed by atoms with E-state index < -0.39 is 0 Å². The molecule has 0 unspecified atom stereocenters. The van der Waals surface area contributed by atoms with Crippen molar-refractivity contribution in [2.24, 2.45) is 17.8 Å². The molecule has 0 nitrogen and oxygen atoms in total. The fourth-order valence-electron chi connectivity index (χ4n) is 2.56. The van der Waals surface area contributed by atoms with Gasteiger partial charge in [0.1, 0.15) is 0 Å². The van der Waals surface area contributed by atoms with Gasteiger partial charge in [0.15, 0.2) is 0 Å². The molecule has 0 heterocycles. The Labute approximate surface area is 65.0 Å². The highest BCUT2D eigenvalue weighted by Crippen LogP contribution is 2.47. The predicted molar refractivity (Wildman–Crippen MR) is 46.0 cm³/mol. The third kappa shape index (κ3) is 1.36. The largest absolute Gasteiger partial charge is 0.0683 e. The first-order chi connectivity index (χ1) is 4.86. The lowest BCUT2D eigenvalue weighted by atomic mass is 9.91. The van der Waals surface area contributed by atoms with Gasteiger partial charge in [-0.3, -0.25) is 0 Å². The minimum atomic E-state index is 1.08. The van der Waals surface area contributed by atoms with E-state index in [1.165, 1.54) is 0 Å². The van der Waals surface area contributed by atoms with Gasteiger partial charge in [0.25, 0.3) is 0 Å². The number of fused-ring (bicyclic) bond motifs is 2. The second-order valence-corrected chi connectivity index (χ2v) is 3.65. The highest BCUT2D eigenvalue weighted by molar-refractivity contribution is 4.87. The van der Waals surface area contributed by atoms with E-state index in [0.29, 0.717) is 0 Å². The Balaban J connectivity index is 0.000000231. The molecule has 0 aromatic heterocycles. The van der Waals surface area contributed by atoms with Crippen molar-refractivity contribution in [3.05, 3.63) is 0 Å². The summed E-state index contributed by atoms with van der Waals surface area (Å²) < 4.78 is 0. The van der Waals surface area contributed by atoms with Crippen LogP contribution >= 0.6 is 0 Å². The van der Waals surface area contributed by atoms with Gasteiger partial charge in [0.2, 0.25) is 0 Å². The summed E-state index contributed by atoms with van der Waals surface area (Å²) in [6, 6.07) is 0. The van der Waals surface area contributed by atoms with Crippen LogP contribution in [0.25, 0.3) is 0 Å². The van der Waals surface area contributed by atoms with Gasteiger partial charge in [-0.15, -0.1) is 0 Å². The van der Waals surface area contributed by atoms with E-state index in [1.807, 2.05) is 13.8 Å². The molecule has 0 aliphatic heterocycles. The Morgan fingerprint density at radius 3 is 1.90 bits per heavy atom. The summed E-state index contributed by atoms with van der Waals surface area (Å²) in [5, 5.41) is 0. The fourth-order valence-corrected chi connectivity index (χ4v) is 2.56. The minimum Gasteiger partial charge on any atom is -0.0683 e. The summed E-state index contributed by atoms with van der Waals surface area (Å²) in [6.45, 7) is 6.42. The molecule has 2 saturated carbocycles. The number of hydrogen-bond donors (Lipinski definition) is 0. The van der Waals surface area contributed by atoms with E-state index >= 15 is 0 Å². The van der Waals surface area contributed by atoms with Crippen molar-refractivity contribution in [1.82, 2.24) is 0 Å². The SMILES string of the molecule is CC.C[C@H]1C[C@H]2CC[C@@H]1C2. The molecule has 0 spiro atoms. The summed E-state index contributed by atoms with van der Waals surface area (Å²) >= 11 is 0. The van der Waals surface area contributed by atoms with Gasteiger partial charge < -0.3 is 0 Å². The Bertz CT molecular complexity index is 94.2. The van der Waals surface area contributed by atoms with Crippen LogP contribution in [0.5, 0.6) is 0 Å². The standard InChI is InChI=1S/C8H14.C2H6/c1-6-4-7-2-3-8(6)5-7;1-2/h6-8H,2-5H2,1H3;1-2H3/t6-,7+,8+;/m0./s1. The van der Waals surface area contributed by atoms with Crippen LogP contribution < -0.4 is 0 Å². The Hall–Kier alpha value is 0. The van der Waals surface area contributed by atoms with Crippen molar-refractivity contribution in [2.75, 3.05) is 0 Å². The van der Waals surface area contributed by atoms with E-state index in [4.69, 9.17) is 0 Å². The van der Waals surface area contributed by atoms with Crippen LogP contribution in [0.3, 0.4) is 0 Å². The first-order valence-corrected chi connectivity index (χ1v) is 4.86. The summed E-state index contributed by atoms with van der Waals surface area (Å²) in [5.74, 6) is 3.36. The van der Waals surface area contributed by atoms with Crippen LogP contribution in [0.1, 0.15) is 46.5 Å². The highest BCUT2D eigenvalue weighted by Gasteiger charge is 2.36. The highest BCUT2D eigenvalue weighted by atomic mass is 14.4. The fraction of sp³-hybridized carbons (Fsp3) is 1.00. The van der Waals surface area contributed by atoms with Gasteiger partial charge in [-0.1, -0.05) is 27.2 Å². The topological polar surface area (TPSA) is 0 Å².